The number of hydrogen-bond donors (Lipinski definition) is 1. The Morgan fingerprint density at radius 2 is 2.25 bits per heavy atom. The van der Waals surface area contributed by atoms with Crippen LogP contribution in [-0.2, 0) is 4.74 Å². The van der Waals surface area contributed by atoms with Crippen molar-refractivity contribution in [2.45, 2.75) is 19.3 Å². The molecule has 110 valence electrons. The Balaban J connectivity index is 2.07. The maximum Gasteiger partial charge on any atom is 0.253 e. The van der Waals surface area contributed by atoms with E-state index in [2.05, 4.69) is 4.98 Å². The number of rotatable bonds is 5. The second-order valence-corrected chi connectivity index (χ2v) is 5.47. The third kappa shape index (κ3) is 3.35. The molecule has 0 saturated carbocycles. The second-order valence-electron chi connectivity index (χ2n) is 5.47. The van der Waals surface area contributed by atoms with Gasteiger partial charge >= 0.3 is 0 Å². The molecule has 20 heavy (non-hydrogen) atoms. The molecule has 0 unspecified atom stereocenters. The number of pyridine rings is 1. The molecule has 1 aliphatic heterocycles. The van der Waals surface area contributed by atoms with Gasteiger partial charge in [-0.2, -0.15) is 0 Å². The molecule has 1 atom stereocenters. The predicted molar refractivity (Wildman–Crippen MR) is 75.4 cm³/mol. The van der Waals surface area contributed by atoms with E-state index in [-0.39, 0.29) is 17.9 Å². The lowest BCUT2D eigenvalue weighted by Crippen LogP contribution is -2.48. The third-order valence-corrected chi connectivity index (χ3v) is 4.05. The van der Waals surface area contributed by atoms with E-state index in [0.717, 1.165) is 25.8 Å². The van der Waals surface area contributed by atoms with Crippen LogP contribution in [0.2, 0.25) is 0 Å². The van der Waals surface area contributed by atoms with Crippen LogP contribution in [0, 0.1) is 5.41 Å². The highest BCUT2D eigenvalue weighted by molar-refractivity contribution is 5.94. The Bertz CT molecular complexity index is 438. The monoisotopic (exact) mass is 278 g/mol. The van der Waals surface area contributed by atoms with Gasteiger partial charge in [0.15, 0.2) is 0 Å². The van der Waals surface area contributed by atoms with E-state index in [1.165, 1.54) is 0 Å². The van der Waals surface area contributed by atoms with Crippen molar-refractivity contribution in [2.24, 2.45) is 5.41 Å². The number of ether oxygens (including phenoxy) is 1. The number of methoxy groups -OCH3 is 1. The summed E-state index contributed by atoms with van der Waals surface area (Å²) in [5.41, 5.74) is 0.428. The van der Waals surface area contributed by atoms with Gasteiger partial charge in [0.05, 0.1) is 6.61 Å². The summed E-state index contributed by atoms with van der Waals surface area (Å²) in [5.74, 6) is 0.0161. The summed E-state index contributed by atoms with van der Waals surface area (Å²) < 4.78 is 5.13. The number of aliphatic hydroxyl groups is 1. The lowest BCUT2D eigenvalue weighted by atomic mass is 9.78. The number of nitrogens with zero attached hydrogens (tertiary/aromatic N) is 2. The van der Waals surface area contributed by atoms with Crippen molar-refractivity contribution in [3.05, 3.63) is 30.1 Å². The fourth-order valence-corrected chi connectivity index (χ4v) is 2.79. The van der Waals surface area contributed by atoms with Gasteiger partial charge in [-0.1, -0.05) is 0 Å². The van der Waals surface area contributed by atoms with Crippen LogP contribution >= 0.6 is 0 Å². The number of aromatic nitrogens is 1. The normalized spacial score (nSPS) is 22.8. The average molecular weight is 278 g/mol. The summed E-state index contributed by atoms with van der Waals surface area (Å²) in [7, 11) is 1.66. The Morgan fingerprint density at radius 1 is 1.50 bits per heavy atom. The largest absolute Gasteiger partial charge is 0.396 e. The molecule has 5 nitrogen and oxygen atoms in total. The SMILES string of the molecule is COCC[C@@]1(CO)CCCN(C(=O)c2ccncc2)C1. The molecule has 1 aromatic heterocycles. The smallest absolute Gasteiger partial charge is 0.253 e. The first-order valence-electron chi connectivity index (χ1n) is 7.00. The van der Waals surface area contributed by atoms with E-state index in [1.54, 1.807) is 31.6 Å². The third-order valence-electron chi connectivity index (χ3n) is 4.05. The fourth-order valence-electron chi connectivity index (χ4n) is 2.79. The first-order chi connectivity index (χ1) is 9.71. The Morgan fingerprint density at radius 3 is 2.90 bits per heavy atom. The molecule has 2 rings (SSSR count). The summed E-state index contributed by atoms with van der Waals surface area (Å²) in [6, 6.07) is 3.46. The highest BCUT2D eigenvalue weighted by Gasteiger charge is 2.36. The van der Waals surface area contributed by atoms with E-state index in [4.69, 9.17) is 4.74 Å². The molecule has 1 amide bonds. The lowest BCUT2D eigenvalue weighted by Gasteiger charge is -2.41. The van der Waals surface area contributed by atoms with E-state index in [0.29, 0.717) is 18.7 Å². The zero-order valence-electron chi connectivity index (χ0n) is 11.9. The first kappa shape index (κ1) is 14.9. The van der Waals surface area contributed by atoms with Crippen LogP contribution in [0.15, 0.2) is 24.5 Å². The van der Waals surface area contributed by atoms with Gasteiger partial charge in [-0.05, 0) is 31.4 Å². The average Bonchev–Trinajstić information content (AvgIpc) is 2.53. The molecule has 2 heterocycles. The molecule has 5 heteroatoms. The number of piperidine rings is 1. The van der Waals surface area contributed by atoms with E-state index < -0.39 is 0 Å². The van der Waals surface area contributed by atoms with Crippen molar-refractivity contribution < 1.29 is 14.6 Å². The molecule has 0 bridgehead atoms. The number of carbonyl (C=O) groups is 1. The minimum atomic E-state index is -0.225. The molecule has 1 saturated heterocycles. The van der Waals surface area contributed by atoms with Gasteiger partial charge in [-0.3, -0.25) is 9.78 Å². The molecule has 0 aliphatic carbocycles. The topological polar surface area (TPSA) is 62.7 Å². The number of amides is 1. The quantitative estimate of drug-likeness (QED) is 0.882. The molecular weight excluding hydrogens is 256 g/mol. The maximum absolute atomic E-state index is 12.5. The Labute approximate surface area is 119 Å². The van der Waals surface area contributed by atoms with E-state index >= 15 is 0 Å². The lowest BCUT2D eigenvalue weighted by molar-refractivity contribution is 0.00898. The standard InChI is InChI=1S/C15H22N2O3/c1-20-10-6-15(12-18)5-2-9-17(11-15)14(19)13-3-7-16-8-4-13/h3-4,7-8,18H,2,5-6,9-12H2,1H3/t15-/m0/s1. The van der Waals surface area contributed by atoms with Crippen molar-refractivity contribution in [2.75, 3.05) is 33.4 Å². The molecule has 1 fully saturated rings. The van der Waals surface area contributed by atoms with Gasteiger partial charge in [0.1, 0.15) is 0 Å². The first-order valence-corrected chi connectivity index (χ1v) is 7.00. The van der Waals surface area contributed by atoms with Gasteiger partial charge in [-0.15, -0.1) is 0 Å². The van der Waals surface area contributed by atoms with Crippen molar-refractivity contribution >= 4 is 5.91 Å². The van der Waals surface area contributed by atoms with Crippen LogP contribution in [0.1, 0.15) is 29.6 Å². The second kappa shape index (κ2) is 6.81. The summed E-state index contributed by atoms with van der Waals surface area (Å²) in [4.78, 5) is 18.2. The van der Waals surface area contributed by atoms with Crippen molar-refractivity contribution in [1.29, 1.82) is 0 Å². The summed E-state index contributed by atoms with van der Waals surface area (Å²) in [6.45, 7) is 2.04. The Hall–Kier alpha value is -1.46. The molecule has 0 spiro atoms. The van der Waals surface area contributed by atoms with Crippen LogP contribution < -0.4 is 0 Å². The highest BCUT2D eigenvalue weighted by Crippen LogP contribution is 2.33. The maximum atomic E-state index is 12.5. The van der Waals surface area contributed by atoms with Crippen LogP contribution in [0.4, 0.5) is 0 Å². The number of carbonyl (C=O) groups excluding carboxylic acids is 1. The number of likely N-dealkylation sites (tertiary alicyclic amines) is 1. The minimum absolute atomic E-state index is 0.0161. The predicted octanol–water partition coefficient (Wildman–Crippen LogP) is 1.33. The molecule has 0 aromatic carbocycles. The molecular formula is C15H22N2O3. The van der Waals surface area contributed by atoms with Crippen molar-refractivity contribution in [3.63, 3.8) is 0 Å². The van der Waals surface area contributed by atoms with Crippen LogP contribution in [-0.4, -0.2) is 54.3 Å². The van der Waals surface area contributed by atoms with Crippen LogP contribution in [0.5, 0.6) is 0 Å². The minimum Gasteiger partial charge on any atom is -0.396 e. The van der Waals surface area contributed by atoms with E-state index in [1.807, 2.05) is 4.90 Å². The number of hydrogen-bond acceptors (Lipinski definition) is 4. The van der Waals surface area contributed by atoms with E-state index in [9.17, 15) is 9.90 Å². The highest BCUT2D eigenvalue weighted by atomic mass is 16.5. The summed E-state index contributed by atoms with van der Waals surface area (Å²) in [5, 5.41) is 9.73. The molecule has 0 radical (unpaired) electrons. The van der Waals surface area contributed by atoms with Gasteiger partial charge < -0.3 is 14.7 Å². The molecule has 1 aromatic rings. The Kier molecular flexibility index (Phi) is 5.09. The van der Waals surface area contributed by atoms with Crippen LogP contribution in [0.3, 0.4) is 0 Å². The van der Waals surface area contributed by atoms with Gasteiger partial charge in [0.25, 0.3) is 5.91 Å². The fraction of sp³-hybridized carbons (Fsp3) is 0.600. The van der Waals surface area contributed by atoms with Gasteiger partial charge in [0.2, 0.25) is 0 Å². The summed E-state index contributed by atoms with van der Waals surface area (Å²) >= 11 is 0. The zero-order chi connectivity index (χ0) is 14.4. The van der Waals surface area contributed by atoms with Gasteiger partial charge in [0, 0.05) is 50.2 Å². The summed E-state index contributed by atoms with van der Waals surface area (Å²) in [6.07, 6.45) is 5.89. The van der Waals surface area contributed by atoms with Crippen molar-refractivity contribution in [3.8, 4) is 0 Å². The number of aliphatic hydroxyl groups excluding tert-OH is 1. The van der Waals surface area contributed by atoms with Gasteiger partial charge in [-0.25, -0.2) is 0 Å². The van der Waals surface area contributed by atoms with Crippen LogP contribution in [0.25, 0.3) is 0 Å². The van der Waals surface area contributed by atoms with Crippen molar-refractivity contribution in [1.82, 2.24) is 9.88 Å². The molecule has 1 N–H and O–H groups in total. The zero-order valence-corrected chi connectivity index (χ0v) is 11.9. The molecule has 1 aliphatic rings.